The number of anilines is 6. The predicted molar refractivity (Wildman–Crippen MR) is 250 cm³/mol. The molecule has 3 nitrogen and oxygen atoms in total. The second-order valence-corrected chi connectivity index (χ2v) is 15.1. The maximum Gasteiger partial charge on any atom is 0.0542 e. The Hall–Kier alpha value is -7.62. The molecule has 0 saturated carbocycles. The Morgan fingerprint density at radius 3 is 1.36 bits per heavy atom. The molecule has 0 N–H and O–H groups in total. The molecule has 3 heteroatoms. The van der Waals surface area contributed by atoms with Gasteiger partial charge >= 0.3 is 0 Å². The van der Waals surface area contributed by atoms with Crippen LogP contribution in [0.4, 0.5) is 34.1 Å². The lowest BCUT2D eigenvalue weighted by Crippen LogP contribution is -2.10. The quantitative estimate of drug-likeness (QED) is 0.145. The minimum absolute atomic E-state index is 1.10. The maximum atomic E-state index is 2.37. The van der Waals surface area contributed by atoms with Gasteiger partial charge < -0.3 is 14.4 Å². The van der Waals surface area contributed by atoms with Gasteiger partial charge in [-0.15, -0.1) is 0 Å². The second-order valence-electron chi connectivity index (χ2n) is 15.1. The molecule has 0 amide bonds. The smallest absolute Gasteiger partial charge is 0.0542 e. The van der Waals surface area contributed by atoms with Crippen LogP contribution in [0, 0.1) is 13.8 Å². The van der Waals surface area contributed by atoms with E-state index in [9.17, 15) is 0 Å². The number of aryl methyl sites for hydroxylation is 2. The average molecular weight is 758 g/mol. The minimum Gasteiger partial charge on any atom is -0.310 e. The molecule has 282 valence electrons. The largest absolute Gasteiger partial charge is 0.310 e. The van der Waals surface area contributed by atoms with E-state index in [1.165, 1.54) is 49.6 Å². The molecule has 0 radical (unpaired) electrons. The molecule has 0 spiro atoms. The summed E-state index contributed by atoms with van der Waals surface area (Å²) in [6.45, 7) is 4.38. The van der Waals surface area contributed by atoms with Crippen LogP contribution in [0.2, 0.25) is 0 Å². The fraction of sp³-hybridized carbons (Fsp3) is 0.0357. The zero-order valence-electron chi connectivity index (χ0n) is 33.2. The van der Waals surface area contributed by atoms with Gasteiger partial charge in [-0.2, -0.15) is 0 Å². The minimum atomic E-state index is 1.10. The summed E-state index contributed by atoms with van der Waals surface area (Å²) >= 11 is 0. The average Bonchev–Trinajstić information content (AvgIpc) is 3.63. The van der Waals surface area contributed by atoms with Crippen molar-refractivity contribution in [2.24, 2.45) is 0 Å². The van der Waals surface area contributed by atoms with E-state index in [1.807, 2.05) is 0 Å². The van der Waals surface area contributed by atoms with Crippen LogP contribution in [0.3, 0.4) is 0 Å². The zero-order chi connectivity index (χ0) is 39.7. The SMILES string of the molecule is Cc1ccccc1-c1cc(N(c2ccccc2)c2ccc(-c3ccc(N(c4ccccc4)c4ccc5c(c4)c4ccccc4n5-c4ccccc4)cc3)cc2)ccc1C. The van der Waals surface area contributed by atoms with Gasteiger partial charge in [-0.3, -0.25) is 0 Å². The Labute approximate surface area is 346 Å². The number of rotatable bonds is 9. The molecule has 0 atom stereocenters. The summed E-state index contributed by atoms with van der Waals surface area (Å²) in [5.74, 6) is 0. The van der Waals surface area contributed by atoms with E-state index in [2.05, 4.69) is 253 Å². The number of para-hydroxylation sites is 4. The third kappa shape index (κ3) is 6.73. The summed E-state index contributed by atoms with van der Waals surface area (Å²) in [4.78, 5) is 4.70. The highest BCUT2D eigenvalue weighted by molar-refractivity contribution is 6.10. The van der Waals surface area contributed by atoms with Crippen LogP contribution < -0.4 is 9.80 Å². The van der Waals surface area contributed by atoms with Crippen molar-refractivity contribution < 1.29 is 0 Å². The van der Waals surface area contributed by atoms with Crippen LogP contribution in [0.25, 0.3) is 49.7 Å². The summed E-state index contributed by atoms with van der Waals surface area (Å²) in [5, 5.41) is 2.46. The summed E-state index contributed by atoms with van der Waals surface area (Å²) in [6.07, 6.45) is 0. The van der Waals surface area contributed by atoms with Gasteiger partial charge in [-0.05, 0) is 144 Å². The van der Waals surface area contributed by atoms with Gasteiger partial charge in [-0.1, -0.05) is 127 Å². The van der Waals surface area contributed by atoms with Crippen LogP contribution >= 0.6 is 0 Å². The van der Waals surface area contributed by atoms with Crippen LogP contribution in [0.15, 0.2) is 224 Å². The molecular formula is C56H43N3. The molecule has 0 saturated heterocycles. The van der Waals surface area contributed by atoms with Crippen molar-refractivity contribution >= 4 is 55.9 Å². The summed E-state index contributed by atoms with van der Waals surface area (Å²) < 4.78 is 2.37. The first-order valence-corrected chi connectivity index (χ1v) is 20.3. The van der Waals surface area contributed by atoms with Crippen LogP contribution in [-0.2, 0) is 0 Å². The molecule has 59 heavy (non-hydrogen) atoms. The van der Waals surface area contributed by atoms with Gasteiger partial charge in [0.05, 0.1) is 11.0 Å². The van der Waals surface area contributed by atoms with Gasteiger partial charge in [0.25, 0.3) is 0 Å². The standard InChI is InChI=1S/C56H43N3/c1-40-16-12-13-23-51(40)53-38-49(31-26-41(53)2)57(44-17-6-3-7-18-44)47-32-27-42(28-33-47)43-29-34-48(35-30-43)58(45-19-8-4-9-20-45)50-36-37-56-54(39-50)52-24-14-15-25-55(52)59(56)46-21-10-5-11-22-46/h3-39H,1-2H3. The lowest BCUT2D eigenvalue weighted by molar-refractivity contribution is 1.18. The summed E-state index contributed by atoms with van der Waals surface area (Å²) in [7, 11) is 0. The van der Waals surface area contributed by atoms with Crippen molar-refractivity contribution in [3.8, 4) is 27.9 Å². The Morgan fingerprint density at radius 1 is 0.305 bits per heavy atom. The molecule has 0 aliphatic rings. The van der Waals surface area contributed by atoms with E-state index in [0.717, 1.165) is 45.4 Å². The Kier molecular flexibility index (Phi) is 9.32. The monoisotopic (exact) mass is 757 g/mol. The van der Waals surface area contributed by atoms with E-state index in [1.54, 1.807) is 0 Å². The van der Waals surface area contributed by atoms with Crippen molar-refractivity contribution in [1.29, 1.82) is 0 Å². The number of hydrogen-bond donors (Lipinski definition) is 0. The van der Waals surface area contributed by atoms with Crippen molar-refractivity contribution in [2.75, 3.05) is 9.80 Å². The second kappa shape index (κ2) is 15.4. The molecule has 9 aromatic carbocycles. The van der Waals surface area contributed by atoms with Gasteiger partial charge in [0.1, 0.15) is 0 Å². The highest BCUT2D eigenvalue weighted by Crippen LogP contribution is 2.42. The molecule has 10 rings (SSSR count). The van der Waals surface area contributed by atoms with Gasteiger partial charge in [-0.25, -0.2) is 0 Å². The molecule has 1 heterocycles. The molecule has 0 fully saturated rings. The summed E-state index contributed by atoms with van der Waals surface area (Å²) in [6, 6.07) is 80.8. The molecule has 0 aliphatic heterocycles. The normalized spacial score (nSPS) is 11.2. The molecule has 10 aromatic rings. The Morgan fingerprint density at radius 2 is 0.746 bits per heavy atom. The fourth-order valence-corrected chi connectivity index (χ4v) is 8.52. The zero-order valence-corrected chi connectivity index (χ0v) is 33.2. The number of fused-ring (bicyclic) bond motifs is 3. The highest BCUT2D eigenvalue weighted by atomic mass is 15.1. The van der Waals surface area contributed by atoms with E-state index >= 15 is 0 Å². The van der Waals surface area contributed by atoms with E-state index in [0.29, 0.717) is 0 Å². The van der Waals surface area contributed by atoms with Crippen molar-refractivity contribution in [1.82, 2.24) is 4.57 Å². The number of nitrogens with zero attached hydrogens (tertiary/aromatic N) is 3. The molecular weight excluding hydrogens is 715 g/mol. The first-order chi connectivity index (χ1) is 29.1. The van der Waals surface area contributed by atoms with Gasteiger partial charge in [0, 0.05) is 50.6 Å². The molecule has 1 aromatic heterocycles. The van der Waals surface area contributed by atoms with Crippen LogP contribution in [0.1, 0.15) is 11.1 Å². The van der Waals surface area contributed by atoms with Gasteiger partial charge in [0.15, 0.2) is 0 Å². The maximum absolute atomic E-state index is 2.37. The molecule has 0 aliphatic carbocycles. The van der Waals surface area contributed by atoms with Crippen molar-refractivity contribution in [3.63, 3.8) is 0 Å². The molecule has 0 bridgehead atoms. The summed E-state index contributed by atoms with van der Waals surface area (Å²) in [5.41, 5.74) is 17.6. The van der Waals surface area contributed by atoms with Gasteiger partial charge in [0.2, 0.25) is 0 Å². The number of benzene rings is 9. The number of aromatic nitrogens is 1. The van der Waals surface area contributed by atoms with E-state index < -0.39 is 0 Å². The third-order valence-corrected chi connectivity index (χ3v) is 11.5. The molecule has 0 unspecified atom stereocenters. The van der Waals surface area contributed by atoms with Crippen LogP contribution in [0.5, 0.6) is 0 Å². The topological polar surface area (TPSA) is 11.4 Å². The van der Waals surface area contributed by atoms with Crippen molar-refractivity contribution in [2.45, 2.75) is 13.8 Å². The number of hydrogen-bond acceptors (Lipinski definition) is 2. The van der Waals surface area contributed by atoms with Crippen molar-refractivity contribution in [3.05, 3.63) is 236 Å². The first kappa shape index (κ1) is 35.8. The predicted octanol–water partition coefficient (Wildman–Crippen LogP) is 15.7. The lowest BCUT2D eigenvalue weighted by atomic mass is 9.95. The van der Waals surface area contributed by atoms with Crippen LogP contribution in [-0.4, -0.2) is 4.57 Å². The lowest BCUT2D eigenvalue weighted by Gasteiger charge is -2.27. The Balaban J connectivity index is 1.00. The third-order valence-electron chi connectivity index (χ3n) is 11.5. The Bertz CT molecular complexity index is 3040. The fourth-order valence-electron chi connectivity index (χ4n) is 8.52. The van der Waals surface area contributed by atoms with E-state index in [-0.39, 0.29) is 0 Å². The first-order valence-electron chi connectivity index (χ1n) is 20.3. The van der Waals surface area contributed by atoms with E-state index in [4.69, 9.17) is 0 Å². The highest BCUT2D eigenvalue weighted by Gasteiger charge is 2.19.